The largest absolute Gasteiger partial charge is 0.478 e. The lowest BCUT2D eigenvalue weighted by Crippen LogP contribution is -2.23. The molecule has 4 nitrogen and oxygen atoms in total. The number of thiazole rings is 1. The summed E-state index contributed by atoms with van der Waals surface area (Å²) >= 11 is 2.53. The Hall–Kier alpha value is -3.04. The van der Waals surface area contributed by atoms with E-state index in [2.05, 4.69) is 4.98 Å². The van der Waals surface area contributed by atoms with E-state index in [1.807, 2.05) is 37.3 Å². The van der Waals surface area contributed by atoms with Crippen LogP contribution in [-0.2, 0) is 16.7 Å². The van der Waals surface area contributed by atoms with E-state index in [4.69, 9.17) is 4.74 Å². The molecule has 9 heteroatoms. The molecule has 0 spiro atoms. The maximum atomic E-state index is 12.8. The molecule has 0 bridgehead atoms. The highest BCUT2D eigenvalue weighted by atomic mass is 32.2. The van der Waals surface area contributed by atoms with Crippen molar-refractivity contribution in [3.63, 3.8) is 0 Å². The zero-order valence-corrected chi connectivity index (χ0v) is 18.9. The second kappa shape index (κ2) is 9.44. The number of halogens is 3. The smallest absolute Gasteiger partial charge is 0.416 e. The van der Waals surface area contributed by atoms with Crippen molar-refractivity contribution in [3.8, 4) is 16.3 Å². The Morgan fingerprint density at radius 1 is 1.12 bits per heavy atom. The highest BCUT2D eigenvalue weighted by molar-refractivity contribution is 7.99. The van der Waals surface area contributed by atoms with E-state index in [0.29, 0.717) is 22.1 Å². The van der Waals surface area contributed by atoms with Gasteiger partial charge < -0.3 is 9.84 Å². The molecule has 4 aromatic rings. The number of benzene rings is 3. The van der Waals surface area contributed by atoms with Crippen LogP contribution in [0.4, 0.5) is 13.2 Å². The quantitative estimate of drug-likeness (QED) is 0.283. The Morgan fingerprint density at radius 2 is 1.85 bits per heavy atom. The summed E-state index contributed by atoms with van der Waals surface area (Å²) in [6, 6.07) is 17.8. The predicted molar refractivity (Wildman–Crippen MR) is 125 cm³/mol. The van der Waals surface area contributed by atoms with Gasteiger partial charge in [-0.25, -0.2) is 9.78 Å². The number of fused-ring (bicyclic) bond motifs is 1. The second-order valence-electron chi connectivity index (χ2n) is 7.26. The molecule has 0 amide bonds. The van der Waals surface area contributed by atoms with Crippen LogP contribution in [0, 0.1) is 6.92 Å². The van der Waals surface area contributed by atoms with Gasteiger partial charge in [-0.2, -0.15) is 13.2 Å². The zero-order valence-electron chi connectivity index (χ0n) is 17.3. The zero-order chi connectivity index (χ0) is 23.6. The molecule has 170 valence electrons. The summed E-state index contributed by atoms with van der Waals surface area (Å²) in [6.07, 6.45) is -4.38. The van der Waals surface area contributed by atoms with Crippen LogP contribution in [-0.4, -0.2) is 21.5 Å². The summed E-state index contributed by atoms with van der Waals surface area (Å²) in [5.74, 6) is -0.130. The van der Waals surface area contributed by atoms with Crippen molar-refractivity contribution in [3.05, 3.63) is 83.4 Å². The lowest BCUT2D eigenvalue weighted by atomic mass is 10.1. The third-order valence-corrected chi connectivity index (χ3v) is 7.01. The van der Waals surface area contributed by atoms with E-state index >= 15 is 0 Å². The number of hydrogen-bond donors (Lipinski definition) is 1. The Kier molecular flexibility index (Phi) is 6.62. The monoisotopic (exact) mass is 489 g/mol. The van der Waals surface area contributed by atoms with Crippen LogP contribution in [0.25, 0.3) is 20.8 Å². The minimum Gasteiger partial charge on any atom is -0.478 e. The minimum atomic E-state index is -4.38. The highest BCUT2D eigenvalue weighted by Crippen LogP contribution is 2.35. The van der Waals surface area contributed by atoms with Gasteiger partial charge in [0.25, 0.3) is 0 Å². The van der Waals surface area contributed by atoms with Crippen LogP contribution in [0.5, 0.6) is 5.75 Å². The third kappa shape index (κ3) is 5.48. The number of rotatable bonds is 7. The van der Waals surface area contributed by atoms with Crippen LogP contribution in [0.2, 0.25) is 0 Å². The molecule has 0 fully saturated rings. The van der Waals surface area contributed by atoms with E-state index < -0.39 is 23.1 Å². The number of carboxylic acid groups (broad SMARTS) is 1. The van der Waals surface area contributed by atoms with Gasteiger partial charge in [0, 0.05) is 11.3 Å². The number of aliphatic carboxylic acids is 1. The normalized spacial score (nSPS) is 12.6. The fraction of sp³-hybridized carbons (Fsp3) is 0.167. The lowest BCUT2D eigenvalue weighted by Gasteiger charge is -2.16. The molecule has 0 aliphatic rings. The first-order valence-electron chi connectivity index (χ1n) is 9.84. The van der Waals surface area contributed by atoms with Crippen molar-refractivity contribution in [1.29, 1.82) is 0 Å². The lowest BCUT2D eigenvalue weighted by molar-refractivity contribution is -0.141. The van der Waals surface area contributed by atoms with Crippen molar-refractivity contribution in [2.24, 2.45) is 0 Å². The van der Waals surface area contributed by atoms with Gasteiger partial charge in [-0.15, -0.1) is 23.1 Å². The number of aryl methyl sites for hydroxylation is 1. The van der Waals surface area contributed by atoms with Gasteiger partial charge in [0.1, 0.15) is 10.8 Å². The van der Waals surface area contributed by atoms with Crippen LogP contribution in [0.15, 0.2) is 66.7 Å². The first-order chi connectivity index (χ1) is 15.7. The van der Waals surface area contributed by atoms with Gasteiger partial charge in [0.2, 0.25) is 5.44 Å². The van der Waals surface area contributed by atoms with Gasteiger partial charge in [-0.1, -0.05) is 36.4 Å². The van der Waals surface area contributed by atoms with E-state index in [9.17, 15) is 23.1 Å². The molecule has 4 rings (SSSR count). The molecule has 0 aliphatic carbocycles. The number of hydrogen-bond acceptors (Lipinski definition) is 5. The van der Waals surface area contributed by atoms with E-state index in [1.165, 1.54) is 23.5 Å². The topological polar surface area (TPSA) is 59.4 Å². The Bertz CT molecular complexity index is 1290. The average Bonchev–Trinajstić information content (AvgIpc) is 3.20. The number of carboxylic acids is 1. The summed E-state index contributed by atoms with van der Waals surface area (Å²) in [6.45, 7) is 1.85. The summed E-state index contributed by atoms with van der Waals surface area (Å²) in [5.41, 5.74) is 1.33. The van der Waals surface area contributed by atoms with Gasteiger partial charge in [0.05, 0.1) is 15.8 Å². The van der Waals surface area contributed by atoms with Crippen LogP contribution >= 0.6 is 23.1 Å². The maximum Gasteiger partial charge on any atom is 0.416 e. The summed E-state index contributed by atoms with van der Waals surface area (Å²) < 4.78 is 44.9. The second-order valence-corrected chi connectivity index (χ2v) is 9.34. The molecule has 1 N–H and O–H groups in total. The summed E-state index contributed by atoms with van der Waals surface area (Å²) in [4.78, 5) is 16.2. The van der Waals surface area contributed by atoms with Crippen LogP contribution < -0.4 is 4.74 Å². The van der Waals surface area contributed by atoms with Gasteiger partial charge in [-0.05, 0) is 48.4 Å². The first kappa shape index (κ1) is 23.1. The van der Waals surface area contributed by atoms with Crippen LogP contribution in [0.1, 0.15) is 16.7 Å². The Morgan fingerprint density at radius 3 is 2.52 bits per heavy atom. The number of aromatic nitrogens is 1. The minimum absolute atomic E-state index is 0.409. The molecule has 33 heavy (non-hydrogen) atoms. The molecule has 1 aromatic heterocycles. The maximum absolute atomic E-state index is 12.8. The van der Waals surface area contributed by atoms with Crippen molar-refractivity contribution < 1.29 is 27.8 Å². The molecule has 1 unspecified atom stereocenters. The van der Waals surface area contributed by atoms with Gasteiger partial charge in [-0.3, -0.25) is 0 Å². The summed E-state index contributed by atoms with van der Waals surface area (Å²) in [5, 5.41) is 10.2. The number of alkyl halides is 3. The standard InChI is InChI=1S/C24H18F3NO3S2/c1-14-4-2-3-5-19(14)31-23(22(29)30)32-13-15-6-11-18-20(12-15)33-21(28-18)16-7-9-17(10-8-16)24(25,26)27/h2-12,23H,13H2,1H3,(H,29,30). The van der Waals surface area contributed by atoms with Crippen molar-refractivity contribution in [2.75, 3.05) is 0 Å². The molecular formula is C24H18F3NO3S2. The number of nitrogens with zero attached hydrogens (tertiary/aromatic N) is 1. The Balaban J connectivity index is 1.49. The first-order valence-corrected chi connectivity index (χ1v) is 11.7. The molecular weight excluding hydrogens is 471 g/mol. The van der Waals surface area contributed by atoms with E-state index in [1.54, 1.807) is 12.1 Å². The van der Waals surface area contributed by atoms with Crippen LogP contribution in [0.3, 0.4) is 0 Å². The van der Waals surface area contributed by atoms with E-state index in [0.717, 1.165) is 45.2 Å². The number of ether oxygens (including phenoxy) is 1. The number of thioether (sulfide) groups is 1. The number of para-hydroxylation sites is 1. The van der Waals surface area contributed by atoms with Crippen molar-refractivity contribution in [1.82, 2.24) is 4.98 Å². The molecule has 1 atom stereocenters. The molecule has 0 saturated carbocycles. The molecule has 3 aromatic carbocycles. The SMILES string of the molecule is Cc1ccccc1OC(SCc1ccc2nc(-c3ccc(C(F)(F)F)cc3)sc2c1)C(=O)O. The highest BCUT2D eigenvalue weighted by Gasteiger charge is 2.30. The Labute approximate surface area is 196 Å². The van der Waals surface area contributed by atoms with Gasteiger partial charge in [0.15, 0.2) is 0 Å². The predicted octanol–water partition coefficient (Wildman–Crippen LogP) is 7.01. The van der Waals surface area contributed by atoms with Gasteiger partial charge >= 0.3 is 12.1 Å². The van der Waals surface area contributed by atoms with Crippen molar-refractivity contribution in [2.45, 2.75) is 24.3 Å². The third-order valence-electron chi connectivity index (χ3n) is 4.84. The summed E-state index contributed by atoms with van der Waals surface area (Å²) in [7, 11) is 0. The molecule has 1 heterocycles. The fourth-order valence-corrected chi connectivity index (χ4v) is 4.99. The average molecular weight is 490 g/mol. The van der Waals surface area contributed by atoms with E-state index in [-0.39, 0.29) is 0 Å². The fourth-order valence-electron chi connectivity index (χ4n) is 3.12. The molecule has 0 saturated heterocycles. The molecule has 0 aliphatic heterocycles. The van der Waals surface area contributed by atoms with Crippen molar-refractivity contribution >= 4 is 39.3 Å². The molecule has 0 radical (unpaired) electrons. The number of carbonyl (C=O) groups is 1.